The highest BCUT2D eigenvalue weighted by Crippen LogP contribution is 2.36. The second-order valence-electron chi connectivity index (χ2n) is 10.9. The van der Waals surface area contributed by atoms with Crippen LogP contribution in [0.5, 0.6) is 11.6 Å². The Balaban J connectivity index is 1.50. The number of nitrogens with one attached hydrogen (secondary N) is 1. The number of aliphatic hydroxyl groups is 1. The van der Waals surface area contributed by atoms with Crippen molar-refractivity contribution in [2.24, 2.45) is 0 Å². The lowest BCUT2D eigenvalue weighted by atomic mass is 10.1. The maximum absolute atomic E-state index is 13.2. The molecule has 43 heavy (non-hydrogen) atoms. The van der Waals surface area contributed by atoms with Crippen molar-refractivity contribution in [2.75, 3.05) is 18.4 Å². The van der Waals surface area contributed by atoms with E-state index in [9.17, 15) is 23.1 Å². The minimum atomic E-state index is -4.47. The van der Waals surface area contributed by atoms with Crippen molar-refractivity contribution in [3.05, 3.63) is 66.0 Å². The molecule has 0 aliphatic carbocycles. The SMILES string of the molecule is CC(=O)Nc1nc2c(Oc3cc(-c4ccc(C(F)(F)F)cc4)nc(C4=CCN(C(O)OC(C)(C)C)CC4)n3)cccc2s1. The number of halogens is 3. The maximum atomic E-state index is 13.2. The van der Waals surface area contributed by atoms with Crippen LogP contribution in [-0.4, -0.2) is 56.0 Å². The van der Waals surface area contributed by atoms with Crippen LogP contribution in [0.4, 0.5) is 18.3 Å². The van der Waals surface area contributed by atoms with Gasteiger partial charge >= 0.3 is 6.18 Å². The number of nitrogens with zero attached hydrogens (tertiary/aromatic N) is 4. The number of rotatable bonds is 7. The van der Waals surface area contributed by atoms with Gasteiger partial charge in [0, 0.05) is 31.6 Å². The molecule has 5 rings (SSSR count). The smallest absolute Gasteiger partial charge is 0.416 e. The van der Waals surface area contributed by atoms with Crippen LogP contribution in [0, 0.1) is 0 Å². The van der Waals surface area contributed by atoms with Gasteiger partial charge in [-0.15, -0.1) is 0 Å². The van der Waals surface area contributed by atoms with Crippen molar-refractivity contribution in [3.8, 4) is 22.9 Å². The van der Waals surface area contributed by atoms with E-state index < -0.39 is 23.8 Å². The zero-order valence-corrected chi connectivity index (χ0v) is 24.7. The molecule has 2 N–H and O–H groups in total. The number of alkyl halides is 3. The summed E-state index contributed by atoms with van der Waals surface area (Å²) in [5.41, 5.74) is 0.840. The van der Waals surface area contributed by atoms with E-state index in [4.69, 9.17) is 9.47 Å². The van der Waals surface area contributed by atoms with Crippen LogP contribution < -0.4 is 10.1 Å². The number of carbonyl (C=O) groups excluding carboxylic acids is 1. The summed E-state index contributed by atoms with van der Waals surface area (Å²) in [6, 6.07) is 11.6. The molecule has 3 heterocycles. The number of anilines is 1. The zero-order valence-electron chi connectivity index (χ0n) is 23.9. The molecule has 0 saturated carbocycles. The minimum absolute atomic E-state index is 0.168. The van der Waals surface area contributed by atoms with Crippen LogP contribution >= 0.6 is 11.3 Å². The van der Waals surface area contributed by atoms with Gasteiger partial charge in [0.2, 0.25) is 18.2 Å². The predicted octanol–water partition coefficient (Wildman–Crippen LogP) is 6.70. The fraction of sp³-hybridized carbons (Fsp3) is 0.333. The quantitative estimate of drug-likeness (QED) is 0.222. The molecule has 4 aromatic rings. The number of aliphatic hydroxyl groups excluding tert-OH is 1. The fourth-order valence-electron chi connectivity index (χ4n) is 4.40. The topological polar surface area (TPSA) is 110 Å². The second-order valence-corrected chi connectivity index (χ2v) is 12.0. The number of thiazole rings is 1. The lowest BCUT2D eigenvalue weighted by Crippen LogP contribution is -2.43. The minimum Gasteiger partial charge on any atom is -0.437 e. The van der Waals surface area contributed by atoms with E-state index in [2.05, 4.69) is 20.3 Å². The molecule has 2 aromatic carbocycles. The number of amides is 1. The van der Waals surface area contributed by atoms with Gasteiger partial charge < -0.3 is 19.9 Å². The number of fused-ring (bicyclic) bond motifs is 1. The number of ether oxygens (including phenoxy) is 2. The molecule has 0 bridgehead atoms. The Morgan fingerprint density at radius 1 is 1.09 bits per heavy atom. The zero-order chi connectivity index (χ0) is 30.9. The predicted molar refractivity (Wildman–Crippen MR) is 157 cm³/mol. The molecule has 0 radical (unpaired) electrons. The molecule has 2 aromatic heterocycles. The van der Waals surface area contributed by atoms with E-state index in [1.165, 1.54) is 30.4 Å². The second kappa shape index (κ2) is 12.0. The van der Waals surface area contributed by atoms with E-state index in [0.29, 0.717) is 53.0 Å². The Hall–Kier alpha value is -3.91. The highest BCUT2D eigenvalue weighted by atomic mass is 32.1. The molecular weight excluding hydrogens is 583 g/mol. The maximum Gasteiger partial charge on any atom is 0.416 e. The number of para-hydroxylation sites is 1. The number of hydrogen-bond donors (Lipinski definition) is 2. The number of benzene rings is 2. The van der Waals surface area contributed by atoms with Gasteiger partial charge in [-0.25, -0.2) is 9.97 Å². The summed E-state index contributed by atoms with van der Waals surface area (Å²) >= 11 is 1.29. The summed E-state index contributed by atoms with van der Waals surface area (Å²) in [7, 11) is 0. The van der Waals surface area contributed by atoms with Gasteiger partial charge in [-0.1, -0.05) is 35.6 Å². The Bertz CT molecular complexity index is 1670. The van der Waals surface area contributed by atoms with Crippen molar-refractivity contribution in [2.45, 2.75) is 52.3 Å². The normalized spacial score (nSPS) is 15.3. The van der Waals surface area contributed by atoms with E-state index in [1.807, 2.05) is 32.9 Å². The Morgan fingerprint density at radius 2 is 1.84 bits per heavy atom. The third kappa shape index (κ3) is 7.54. The van der Waals surface area contributed by atoms with Crippen LogP contribution in [-0.2, 0) is 15.7 Å². The fourth-order valence-corrected chi connectivity index (χ4v) is 5.33. The molecule has 13 heteroatoms. The van der Waals surface area contributed by atoms with E-state index >= 15 is 0 Å². The lowest BCUT2D eigenvalue weighted by Gasteiger charge is -2.34. The molecular formula is C30H30F3N5O4S. The molecule has 1 amide bonds. The Labute approximate surface area is 250 Å². The molecule has 9 nitrogen and oxygen atoms in total. The van der Waals surface area contributed by atoms with Crippen LogP contribution in [0.2, 0.25) is 0 Å². The lowest BCUT2D eigenvalue weighted by molar-refractivity contribution is -0.236. The molecule has 1 aliphatic rings. The van der Waals surface area contributed by atoms with Gasteiger partial charge in [-0.2, -0.15) is 18.2 Å². The number of hydrogen-bond acceptors (Lipinski definition) is 9. The Kier molecular flexibility index (Phi) is 8.52. The summed E-state index contributed by atoms with van der Waals surface area (Å²) < 4.78 is 52.3. The first-order chi connectivity index (χ1) is 20.2. The molecule has 0 saturated heterocycles. The summed E-state index contributed by atoms with van der Waals surface area (Å²) in [5, 5.41) is 13.6. The van der Waals surface area contributed by atoms with E-state index in [1.54, 1.807) is 23.1 Å². The monoisotopic (exact) mass is 613 g/mol. The van der Waals surface area contributed by atoms with Gasteiger partial charge in [0.05, 0.1) is 21.6 Å². The molecule has 1 aliphatic heterocycles. The third-order valence-corrected chi connectivity index (χ3v) is 7.33. The number of carbonyl (C=O) groups is 1. The average Bonchev–Trinajstić information content (AvgIpc) is 3.34. The standard InChI is InChI=1S/C30H30F3N5O4S/c1-17(39)34-27-37-25-22(6-5-7-23(25)43-27)41-24-16-21(18-8-10-20(11-9-18)30(31,32)33)35-26(36-24)19-12-14-38(15-13-19)28(40)42-29(2,3)4/h5-12,16,28,40H,13-15H2,1-4H3,(H,34,37,39). The Morgan fingerprint density at radius 3 is 2.47 bits per heavy atom. The van der Waals surface area contributed by atoms with Gasteiger partial charge in [0.1, 0.15) is 5.52 Å². The molecule has 0 fully saturated rings. The van der Waals surface area contributed by atoms with Gasteiger partial charge in [-0.05, 0) is 57.0 Å². The van der Waals surface area contributed by atoms with Gasteiger partial charge in [0.25, 0.3) is 0 Å². The highest BCUT2D eigenvalue weighted by molar-refractivity contribution is 7.22. The van der Waals surface area contributed by atoms with Crippen molar-refractivity contribution in [3.63, 3.8) is 0 Å². The summed E-state index contributed by atoms with van der Waals surface area (Å²) in [6.07, 6.45) is -3.18. The summed E-state index contributed by atoms with van der Waals surface area (Å²) in [5.74, 6) is 0.656. The molecule has 226 valence electrons. The molecule has 1 unspecified atom stereocenters. The summed E-state index contributed by atoms with van der Waals surface area (Å²) in [6.45, 7) is 7.81. The highest BCUT2D eigenvalue weighted by Gasteiger charge is 2.30. The van der Waals surface area contributed by atoms with Crippen molar-refractivity contribution in [1.82, 2.24) is 19.9 Å². The third-order valence-electron chi connectivity index (χ3n) is 6.39. The summed E-state index contributed by atoms with van der Waals surface area (Å²) in [4.78, 5) is 27.1. The van der Waals surface area contributed by atoms with Gasteiger partial charge in [-0.3, -0.25) is 9.69 Å². The van der Waals surface area contributed by atoms with E-state index in [0.717, 1.165) is 22.4 Å². The molecule has 0 spiro atoms. The van der Waals surface area contributed by atoms with Crippen molar-refractivity contribution >= 4 is 38.2 Å². The van der Waals surface area contributed by atoms with E-state index in [-0.39, 0.29) is 11.8 Å². The number of aromatic nitrogens is 3. The van der Waals surface area contributed by atoms with Crippen LogP contribution in [0.15, 0.2) is 54.6 Å². The largest absolute Gasteiger partial charge is 0.437 e. The molecule has 1 atom stereocenters. The average molecular weight is 614 g/mol. The van der Waals surface area contributed by atoms with Crippen LogP contribution in [0.25, 0.3) is 27.0 Å². The first-order valence-electron chi connectivity index (χ1n) is 13.5. The van der Waals surface area contributed by atoms with Gasteiger partial charge in [0.15, 0.2) is 16.7 Å². The van der Waals surface area contributed by atoms with Crippen molar-refractivity contribution < 1.29 is 32.5 Å². The van der Waals surface area contributed by atoms with Crippen LogP contribution in [0.3, 0.4) is 0 Å². The first-order valence-corrected chi connectivity index (χ1v) is 14.3. The van der Waals surface area contributed by atoms with Crippen molar-refractivity contribution in [1.29, 1.82) is 0 Å². The first kappa shape index (κ1) is 30.5. The van der Waals surface area contributed by atoms with Crippen LogP contribution in [0.1, 0.15) is 45.5 Å².